The molecule has 3 aromatic rings. The van der Waals surface area contributed by atoms with E-state index in [4.69, 9.17) is 15.2 Å². The Morgan fingerprint density at radius 1 is 0.848 bits per heavy atom. The predicted molar refractivity (Wildman–Crippen MR) is 129 cm³/mol. The summed E-state index contributed by atoms with van der Waals surface area (Å²) in [5.74, 6) is -0.494. The summed E-state index contributed by atoms with van der Waals surface area (Å²) in [6.45, 7) is 0.635. The van der Waals surface area contributed by atoms with Crippen LogP contribution in [0.25, 0.3) is 11.1 Å². The summed E-state index contributed by atoms with van der Waals surface area (Å²) >= 11 is 0. The van der Waals surface area contributed by atoms with Crippen molar-refractivity contribution < 1.29 is 19.1 Å². The van der Waals surface area contributed by atoms with Gasteiger partial charge in [-0.3, -0.25) is 4.79 Å². The Kier molecular flexibility index (Phi) is 8.46. The van der Waals surface area contributed by atoms with Crippen LogP contribution in [-0.4, -0.2) is 31.3 Å². The average Bonchev–Trinajstić information content (AvgIpc) is 3.15. The molecular formula is C26H27ClN2O4. The Morgan fingerprint density at radius 3 is 2.06 bits per heavy atom. The molecule has 1 atom stereocenters. The van der Waals surface area contributed by atoms with Crippen LogP contribution < -0.4 is 11.1 Å². The Bertz CT molecular complexity index is 1040. The number of halogens is 1. The monoisotopic (exact) mass is 466 g/mol. The zero-order valence-corrected chi connectivity index (χ0v) is 18.9. The van der Waals surface area contributed by atoms with Gasteiger partial charge in [0.1, 0.15) is 19.3 Å². The number of rotatable bonds is 8. The number of esters is 1. The Hall–Kier alpha value is -3.35. The lowest BCUT2D eigenvalue weighted by Crippen LogP contribution is -2.37. The fourth-order valence-electron chi connectivity index (χ4n) is 3.93. The van der Waals surface area contributed by atoms with E-state index in [1.54, 1.807) is 0 Å². The average molecular weight is 467 g/mol. The van der Waals surface area contributed by atoms with E-state index in [-0.39, 0.29) is 44.5 Å². The van der Waals surface area contributed by atoms with Gasteiger partial charge in [0, 0.05) is 12.5 Å². The van der Waals surface area contributed by atoms with E-state index < -0.39 is 18.1 Å². The normalized spacial score (nSPS) is 12.6. The van der Waals surface area contributed by atoms with Gasteiger partial charge >= 0.3 is 12.1 Å². The molecule has 1 aliphatic carbocycles. The van der Waals surface area contributed by atoms with Crippen LogP contribution >= 0.6 is 12.4 Å². The van der Waals surface area contributed by atoms with Crippen molar-refractivity contribution in [2.75, 3.05) is 13.2 Å². The fraction of sp³-hybridized carbons (Fsp3) is 0.231. The molecule has 172 valence electrons. The summed E-state index contributed by atoms with van der Waals surface area (Å²) in [4.78, 5) is 24.2. The topological polar surface area (TPSA) is 90.6 Å². The number of carbonyl (C=O) groups is 2. The molecule has 0 heterocycles. The molecule has 0 aliphatic heterocycles. The van der Waals surface area contributed by atoms with Gasteiger partial charge in [-0.15, -0.1) is 12.4 Å². The lowest BCUT2D eigenvalue weighted by Gasteiger charge is -2.15. The number of nitrogens with two attached hydrogens (primary N) is 1. The SMILES string of the molecule is Cl.NC(CCNC(=O)OCC1c2ccccc2-c2ccccc21)C(=O)OCc1ccccc1. The van der Waals surface area contributed by atoms with Crippen LogP contribution in [0, 0.1) is 0 Å². The molecule has 3 N–H and O–H groups in total. The standard InChI is InChI=1S/C26H26N2O4.ClH/c27-24(25(29)31-16-18-8-2-1-3-9-18)14-15-28-26(30)32-17-23-21-12-6-4-10-19(21)20-11-5-7-13-22(20)23;/h1-13,23-24H,14-17,27H2,(H,28,30);1H. The first-order valence-electron chi connectivity index (χ1n) is 10.7. The van der Waals surface area contributed by atoms with Gasteiger partial charge in [0.15, 0.2) is 0 Å². The smallest absolute Gasteiger partial charge is 0.407 e. The minimum Gasteiger partial charge on any atom is -0.460 e. The molecule has 0 bridgehead atoms. The third-order valence-electron chi connectivity index (χ3n) is 5.60. The van der Waals surface area contributed by atoms with Crippen LogP contribution in [0.5, 0.6) is 0 Å². The van der Waals surface area contributed by atoms with Gasteiger partial charge in [-0.2, -0.15) is 0 Å². The third kappa shape index (κ3) is 5.92. The fourth-order valence-corrected chi connectivity index (χ4v) is 3.93. The summed E-state index contributed by atoms with van der Waals surface area (Å²) in [5, 5.41) is 2.67. The van der Waals surface area contributed by atoms with Gasteiger partial charge in [-0.25, -0.2) is 4.79 Å². The number of hydrogen-bond donors (Lipinski definition) is 2. The van der Waals surface area contributed by atoms with Crippen molar-refractivity contribution >= 4 is 24.5 Å². The maximum Gasteiger partial charge on any atom is 0.407 e. The minimum absolute atomic E-state index is 0. The van der Waals surface area contributed by atoms with Crippen LogP contribution in [0.2, 0.25) is 0 Å². The molecule has 6 nitrogen and oxygen atoms in total. The van der Waals surface area contributed by atoms with Crippen LogP contribution in [0.4, 0.5) is 4.79 Å². The molecule has 4 rings (SSSR count). The van der Waals surface area contributed by atoms with Crippen molar-refractivity contribution in [1.82, 2.24) is 5.32 Å². The van der Waals surface area contributed by atoms with E-state index in [0.717, 1.165) is 16.7 Å². The first kappa shape index (κ1) is 24.3. The van der Waals surface area contributed by atoms with E-state index in [1.165, 1.54) is 11.1 Å². The van der Waals surface area contributed by atoms with Crippen molar-refractivity contribution in [2.24, 2.45) is 5.73 Å². The van der Waals surface area contributed by atoms with Gasteiger partial charge in [0.25, 0.3) is 0 Å². The second kappa shape index (κ2) is 11.5. The van der Waals surface area contributed by atoms with Crippen LogP contribution in [0.1, 0.15) is 29.0 Å². The molecule has 33 heavy (non-hydrogen) atoms. The number of benzene rings is 3. The summed E-state index contributed by atoms with van der Waals surface area (Å²) < 4.78 is 10.7. The number of amides is 1. The van der Waals surface area contributed by atoms with E-state index >= 15 is 0 Å². The second-order valence-electron chi connectivity index (χ2n) is 7.74. The van der Waals surface area contributed by atoms with Gasteiger partial charge in [0.05, 0.1) is 0 Å². The van der Waals surface area contributed by atoms with Gasteiger partial charge < -0.3 is 20.5 Å². The van der Waals surface area contributed by atoms with Crippen molar-refractivity contribution in [3.8, 4) is 11.1 Å². The highest BCUT2D eigenvalue weighted by molar-refractivity contribution is 5.85. The molecule has 1 amide bonds. The summed E-state index contributed by atoms with van der Waals surface area (Å²) in [6, 6.07) is 24.9. The number of ether oxygens (including phenoxy) is 2. The maximum absolute atomic E-state index is 12.2. The first-order valence-corrected chi connectivity index (χ1v) is 10.7. The highest BCUT2D eigenvalue weighted by Crippen LogP contribution is 2.44. The molecular weight excluding hydrogens is 440 g/mol. The predicted octanol–water partition coefficient (Wildman–Crippen LogP) is 4.41. The number of alkyl carbamates (subject to hydrolysis) is 1. The van der Waals surface area contributed by atoms with Crippen LogP contribution in [0.15, 0.2) is 78.9 Å². The van der Waals surface area contributed by atoms with Crippen molar-refractivity contribution in [2.45, 2.75) is 25.0 Å². The summed E-state index contributed by atoms with van der Waals surface area (Å²) in [5.41, 5.74) is 11.4. The van der Waals surface area contributed by atoms with E-state index in [2.05, 4.69) is 29.6 Å². The quantitative estimate of drug-likeness (QED) is 0.480. The molecule has 3 aromatic carbocycles. The molecule has 0 saturated carbocycles. The molecule has 1 unspecified atom stereocenters. The first-order chi connectivity index (χ1) is 15.6. The largest absolute Gasteiger partial charge is 0.460 e. The third-order valence-corrected chi connectivity index (χ3v) is 5.60. The number of carbonyl (C=O) groups excluding carboxylic acids is 2. The summed E-state index contributed by atoms with van der Waals surface area (Å²) in [6.07, 6.45) is -0.269. The Morgan fingerprint density at radius 2 is 1.42 bits per heavy atom. The van der Waals surface area contributed by atoms with Crippen LogP contribution in [0.3, 0.4) is 0 Å². The molecule has 0 radical (unpaired) electrons. The molecule has 0 aromatic heterocycles. The van der Waals surface area contributed by atoms with Gasteiger partial charge in [-0.1, -0.05) is 78.9 Å². The van der Waals surface area contributed by atoms with E-state index in [1.807, 2.05) is 54.6 Å². The number of hydrogen-bond acceptors (Lipinski definition) is 5. The highest BCUT2D eigenvalue weighted by atomic mass is 35.5. The highest BCUT2D eigenvalue weighted by Gasteiger charge is 2.29. The lowest BCUT2D eigenvalue weighted by atomic mass is 9.98. The Balaban J connectivity index is 0.00000306. The number of fused-ring (bicyclic) bond motifs is 3. The van der Waals surface area contributed by atoms with Crippen LogP contribution in [-0.2, 0) is 20.9 Å². The molecule has 0 spiro atoms. The van der Waals surface area contributed by atoms with Crippen molar-refractivity contribution in [3.05, 3.63) is 95.6 Å². The molecule has 0 fully saturated rings. The second-order valence-corrected chi connectivity index (χ2v) is 7.74. The van der Waals surface area contributed by atoms with Crippen molar-refractivity contribution in [1.29, 1.82) is 0 Å². The van der Waals surface area contributed by atoms with E-state index in [0.29, 0.717) is 0 Å². The summed E-state index contributed by atoms with van der Waals surface area (Å²) in [7, 11) is 0. The van der Waals surface area contributed by atoms with Gasteiger partial charge in [-0.05, 0) is 34.2 Å². The molecule has 0 saturated heterocycles. The van der Waals surface area contributed by atoms with E-state index in [9.17, 15) is 9.59 Å². The van der Waals surface area contributed by atoms with Crippen molar-refractivity contribution in [3.63, 3.8) is 0 Å². The van der Waals surface area contributed by atoms with Gasteiger partial charge in [0.2, 0.25) is 0 Å². The zero-order valence-electron chi connectivity index (χ0n) is 18.1. The number of nitrogens with one attached hydrogen (secondary N) is 1. The molecule has 1 aliphatic rings. The minimum atomic E-state index is -0.812. The Labute approximate surface area is 199 Å². The molecule has 7 heteroatoms. The lowest BCUT2D eigenvalue weighted by molar-refractivity contribution is -0.146. The zero-order chi connectivity index (χ0) is 22.3. The maximum atomic E-state index is 12.2.